The van der Waals surface area contributed by atoms with Gasteiger partial charge < -0.3 is 10.0 Å². The van der Waals surface area contributed by atoms with E-state index in [9.17, 15) is 22.8 Å². The number of carboxylic acid groups (broad SMARTS) is 1. The fourth-order valence-electron chi connectivity index (χ4n) is 2.03. The minimum absolute atomic E-state index is 0.538. The van der Waals surface area contributed by atoms with Gasteiger partial charge in [-0.2, -0.15) is 13.2 Å². The maximum atomic E-state index is 12.3. The van der Waals surface area contributed by atoms with E-state index in [2.05, 4.69) is 0 Å². The number of carbonyl (C=O) groups excluding carboxylic acids is 1. The van der Waals surface area contributed by atoms with Crippen molar-refractivity contribution in [2.24, 2.45) is 0 Å². The fraction of sp³-hybridized carbons (Fsp3) is 0.667. The maximum Gasteiger partial charge on any atom is 0.401 e. The van der Waals surface area contributed by atoms with Gasteiger partial charge in [-0.15, -0.1) is 0 Å². The Morgan fingerprint density at radius 2 is 2.00 bits per heavy atom. The van der Waals surface area contributed by atoms with Gasteiger partial charge in [-0.05, 0) is 19.3 Å². The first kappa shape index (κ1) is 16.5. The molecule has 0 aromatic rings. The second-order valence-corrected chi connectivity index (χ2v) is 4.69. The molecule has 114 valence electrons. The number of nitrogens with zero attached hydrogens (tertiary/aromatic N) is 2. The molecular weight excluding hydrogens is 277 g/mol. The summed E-state index contributed by atoms with van der Waals surface area (Å²) >= 11 is 0. The molecule has 0 saturated carbocycles. The zero-order chi connectivity index (χ0) is 15.3. The molecule has 0 spiro atoms. The monoisotopic (exact) mass is 294 g/mol. The summed E-state index contributed by atoms with van der Waals surface area (Å²) in [6.45, 7) is -2.81. The van der Waals surface area contributed by atoms with Crippen molar-refractivity contribution in [3.63, 3.8) is 0 Å². The van der Waals surface area contributed by atoms with Crippen LogP contribution in [0.4, 0.5) is 13.2 Å². The van der Waals surface area contributed by atoms with Crippen molar-refractivity contribution in [3.05, 3.63) is 11.8 Å². The third-order valence-corrected chi connectivity index (χ3v) is 2.94. The highest BCUT2D eigenvalue weighted by atomic mass is 19.4. The van der Waals surface area contributed by atoms with Gasteiger partial charge in [-0.3, -0.25) is 14.5 Å². The molecule has 0 bridgehead atoms. The lowest BCUT2D eigenvalue weighted by Crippen LogP contribution is -2.44. The average Bonchev–Trinajstić information content (AvgIpc) is 2.77. The van der Waals surface area contributed by atoms with Crippen LogP contribution in [0.25, 0.3) is 0 Å². The topological polar surface area (TPSA) is 60.9 Å². The Morgan fingerprint density at radius 1 is 1.35 bits per heavy atom. The first-order valence-corrected chi connectivity index (χ1v) is 6.15. The van der Waals surface area contributed by atoms with Crippen LogP contribution in [0.3, 0.4) is 0 Å². The zero-order valence-corrected chi connectivity index (χ0v) is 11.1. The van der Waals surface area contributed by atoms with Crippen molar-refractivity contribution < 1.29 is 27.9 Å². The van der Waals surface area contributed by atoms with Gasteiger partial charge in [-0.25, -0.2) is 0 Å². The van der Waals surface area contributed by atoms with Gasteiger partial charge in [0.15, 0.2) is 0 Å². The lowest BCUT2D eigenvalue weighted by molar-refractivity contribution is -0.156. The summed E-state index contributed by atoms with van der Waals surface area (Å²) in [4.78, 5) is 24.3. The van der Waals surface area contributed by atoms with Crippen LogP contribution in [-0.4, -0.2) is 59.6 Å². The molecule has 1 rings (SSSR count). The van der Waals surface area contributed by atoms with Crippen molar-refractivity contribution in [2.45, 2.75) is 25.4 Å². The molecule has 1 N–H and O–H groups in total. The molecule has 20 heavy (non-hydrogen) atoms. The summed E-state index contributed by atoms with van der Waals surface area (Å²) in [7, 11) is 1.49. The number of amides is 1. The third-order valence-electron chi connectivity index (χ3n) is 2.94. The summed E-state index contributed by atoms with van der Waals surface area (Å²) in [5, 5.41) is 8.60. The number of rotatable bonds is 6. The highest BCUT2D eigenvalue weighted by molar-refractivity contribution is 5.80. The van der Waals surface area contributed by atoms with E-state index in [0.29, 0.717) is 11.3 Å². The van der Waals surface area contributed by atoms with Crippen LogP contribution in [-0.2, 0) is 9.59 Å². The summed E-state index contributed by atoms with van der Waals surface area (Å²) in [5.74, 6) is -1.94. The molecule has 1 amide bonds. The van der Waals surface area contributed by atoms with Crippen molar-refractivity contribution in [3.8, 4) is 0 Å². The van der Waals surface area contributed by atoms with Gasteiger partial charge >= 0.3 is 12.1 Å². The van der Waals surface area contributed by atoms with E-state index in [1.165, 1.54) is 11.9 Å². The number of allylic oxidation sites excluding steroid dienone is 2. The Labute approximate surface area is 114 Å². The number of alkyl halides is 3. The van der Waals surface area contributed by atoms with Crippen LogP contribution in [0, 0.1) is 0 Å². The maximum absolute atomic E-state index is 12.3. The molecule has 0 unspecified atom stereocenters. The van der Waals surface area contributed by atoms with E-state index in [4.69, 9.17) is 5.11 Å². The molecule has 0 aliphatic heterocycles. The summed E-state index contributed by atoms with van der Waals surface area (Å²) < 4.78 is 37.0. The van der Waals surface area contributed by atoms with Gasteiger partial charge in [0.2, 0.25) is 5.91 Å². The van der Waals surface area contributed by atoms with E-state index in [1.54, 1.807) is 0 Å². The van der Waals surface area contributed by atoms with Crippen LogP contribution in [0.5, 0.6) is 0 Å². The number of aliphatic carboxylic acids is 1. The van der Waals surface area contributed by atoms with Crippen LogP contribution in [0.1, 0.15) is 19.3 Å². The number of hydrogen-bond donors (Lipinski definition) is 1. The van der Waals surface area contributed by atoms with Crippen LogP contribution >= 0.6 is 0 Å². The van der Waals surface area contributed by atoms with Crippen LogP contribution < -0.4 is 0 Å². The summed E-state index contributed by atoms with van der Waals surface area (Å²) in [5.41, 5.74) is 0.775. The molecule has 0 atom stereocenters. The minimum Gasteiger partial charge on any atom is -0.480 e. The van der Waals surface area contributed by atoms with Gasteiger partial charge in [0.25, 0.3) is 0 Å². The Balaban J connectivity index is 2.63. The van der Waals surface area contributed by atoms with Crippen molar-refractivity contribution in [1.29, 1.82) is 0 Å². The number of carboxylic acids is 1. The normalized spacial score (nSPS) is 15.3. The molecule has 0 fully saturated rings. The predicted molar refractivity (Wildman–Crippen MR) is 64.8 cm³/mol. The standard InChI is InChI=1S/C12H17F3N2O3/c1-16(9-4-2-3-5-9)10(18)6-17(7-11(19)20)8-12(13,14)15/h4H,2-3,5-8H2,1H3,(H,19,20). The molecule has 0 heterocycles. The van der Waals surface area contributed by atoms with Gasteiger partial charge in [0.05, 0.1) is 19.6 Å². The number of hydrogen-bond acceptors (Lipinski definition) is 3. The van der Waals surface area contributed by atoms with E-state index in [1.807, 2.05) is 6.08 Å². The fourth-order valence-corrected chi connectivity index (χ4v) is 2.03. The minimum atomic E-state index is -4.54. The van der Waals surface area contributed by atoms with E-state index in [-0.39, 0.29) is 0 Å². The molecular formula is C12H17F3N2O3. The van der Waals surface area contributed by atoms with Gasteiger partial charge in [-0.1, -0.05) is 6.08 Å². The van der Waals surface area contributed by atoms with E-state index >= 15 is 0 Å². The molecule has 0 saturated heterocycles. The second kappa shape index (κ2) is 6.74. The SMILES string of the molecule is CN(C(=O)CN(CC(=O)O)CC(F)(F)F)C1=CCCC1. The van der Waals surface area contributed by atoms with Crippen molar-refractivity contribution >= 4 is 11.9 Å². The van der Waals surface area contributed by atoms with Crippen molar-refractivity contribution in [2.75, 3.05) is 26.7 Å². The Morgan fingerprint density at radius 3 is 2.45 bits per heavy atom. The quantitative estimate of drug-likeness (QED) is 0.805. The second-order valence-electron chi connectivity index (χ2n) is 4.69. The highest BCUT2D eigenvalue weighted by Crippen LogP contribution is 2.21. The molecule has 8 heteroatoms. The van der Waals surface area contributed by atoms with Gasteiger partial charge in [0, 0.05) is 12.7 Å². The third kappa shape index (κ3) is 5.60. The first-order chi connectivity index (χ1) is 9.19. The van der Waals surface area contributed by atoms with Crippen molar-refractivity contribution in [1.82, 2.24) is 9.80 Å². The molecule has 0 radical (unpaired) electrons. The molecule has 5 nitrogen and oxygen atoms in total. The summed E-state index contributed by atoms with van der Waals surface area (Å²) in [6, 6.07) is 0. The lowest BCUT2D eigenvalue weighted by atomic mass is 10.3. The highest BCUT2D eigenvalue weighted by Gasteiger charge is 2.33. The Bertz CT molecular complexity index is 407. The largest absolute Gasteiger partial charge is 0.480 e. The Kier molecular flexibility index (Phi) is 5.55. The first-order valence-electron chi connectivity index (χ1n) is 6.15. The Hall–Kier alpha value is -1.57. The smallest absolute Gasteiger partial charge is 0.401 e. The zero-order valence-electron chi connectivity index (χ0n) is 11.1. The number of likely N-dealkylation sites (N-methyl/N-ethyl adjacent to an activating group) is 1. The molecule has 0 aromatic heterocycles. The predicted octanol–water partition coefficient (Wildman–Crippen LogP) is 1.46. The lowest BCUT2D eigenvalue weighted by Gasteiger charge is -2.25. The molecule has 0 aromatic carbocycles. The molecule has 1 aliphatic carbocycles. The molecule has 1 aliphatic rings. The van der Waals surface area contributed by atoms with Gasteiger partial charge in [0.1, 0.15) is 0 Å². The van der Waals surface area contributed by atoms with Crippen LogP contribution in [0.2, 0.25) is 0 Å². The number of halogens is 3. The average molecular weight is 294 g/mol. The summed E-state index contributed by atoms with van der Waals surface area (Å²) in [6.07, 6.45) is -0.215. The van der Waals surface area contributed by atoms with E-state index < -0.39 is 37.7 Å². The van der Waals surface area contributed by atoms with E-state index in [0.717, 1.165) is 18.5 Å². The van der Waals surface area contributed by atoms with Crippen LogP contribution in [0.15, 0.2) is 11.8 Å². The number of carbonyl (C=O) groups is 2.